The quantitative estimate of drug-likeness (QED) is 0.618. The van der Waals surface area contributed by atoms with Crippen LogP contribution < -0.4 is 14.2 Å². The lowest BCUT2D eigenvalue weighted by atomic mass is 10.1. The van der Waals surface area contributed by atoms with Crippen LogP contribution in [-0.4, -0.2) is 41.1 Å². The fourth-order valence-electron chi connectivity index (χ4n) is 2.71. The van der Waals surface area contributed by atoms with E-state index in [0.717, 1.165) is 0 Å². The standard InChI is InChI=1S/C18H19N2O6P/c1-24-15-8-13-14(9-16(15)25-2)19-17(20-18(13)26-3)12-6-4-11(5-7-12)10-27(21,22)23/h4-9H,10H2,1-3H3,(H2,21,22,23). The maximum atomic E-state index is 11.1. The van der Waals surface area contributed by atoms with E-state index >= 15 is 0 Å². The molecule has 3 aromatic rings. The van der Waals surface area contributed by atoms with E-state index in [1.54, 1.807) is 50.6 Å². The Morgan fingerprint density at radius 2 is 1.56 bits per heavy atom. The summed E-state index contributed by atoms with van der Waals surface area (Å²) in [7, 11) is 0.496. The second kappa shape index (κ2) is 7.52. The third-order valence-electron chi connectivity index (χ3n) is 3.96. The first-order chi connectivity index (χ1) is 12.8. The molecule has 1 heterocycles. The van der Waals surface area contributed by atoms with E-state index in [4.69, 9.17) is 24.0 Å². The molecule has 0 bridgehead atoms. The number of benzene rings is 2. The monoisotopic (exact) mass is 390 g/mol. The van der Waals surface area contributed by atoms with E-state index < -0.39 is 7.60 Å². The second-order valence-electron chi connectivity index (χ2n) is 5.80. The second-order valence-corrected chi connectivity index (χ2v) is 7.45. The molecule has 8 nitrogen and oxygen atoms in total. The van der Waals surface area contributed by atoms with E-state index in [-0.39, 0.29) is 6.16 Å². The first-order valence-electron chi connectivity index (χ1n) is 7.96. The molecule has 2 aromatic carbocycles. The highest BCUT2D eigenvalue weighted by Gasteiger charge is 2.16. The fourth-order valence-corrected chi connectivity index (χ4v) is 3.40. The van der Waals surface area contributed by atoms with Crippen molar-refractivity contribution < 1.29 is 28.6 Å². The largest absolute Gasteiger partial charge is 0.493 e. The first-order valence-corrected chi connectivity index (χ1v) is 9.76. The summed E-state index contributed by atoms with van der Waals surface area (Å²) >= 11 is 0. The molecule has 27 heavy (non-hydrogen) atoms. The zero-order valence-electron chi connectivity index (χ0n) is 15.0. The molecule has 0 radical (unpaired) electrons. The van der Waals surface area contributed by atoms with Crippen LogP contribution in [-0.2, 0) is 10.7 Å². The van der Waals surface area contributed by atoms with Crippen LogP contribution in [0, 0.1) is 0 Å². The van der Waals surface area contributed by atoms with E-state index in [1.807, 2.05) is 0 Å². The summed E-state index contributed by atoms with van der Waals surface area (Å²) < 4.78 is 27.2. The van der Waals surface area contributed by atoms with Crippen LogP contribution in [0.3, 0.4) is 0 Å². The topological polar surface area (TPSA) is 111 Å². The van der Waals surface area contributed by atoms with Crippen molar-refractivity contribution in [1.29, 1.82) is 0 Å². The van der Waals surface area contributed by atoms with Gasteiger partial charge in [-0.1, -0.05) is 24.3 Å². The lowest BCUT2D eigenvalue weighted by Gasteiger charge is -2.12. The number of nitrogens with zero attached hydrogens (tertiary/aromatic N) is 2. The van der Waals surface area contributed by atoms with Gasteiger partial charge in [0.2, 0.25) is 5.88 Å². The minimum absolute atomic E-state index is 0.313. The van der Waals surface area contributed by atoms with Gasteiger partial charge in [-0.2, -0.15) is 4.98 Å². The van der Waals surface area contributed by atoms with Gasteiger partial charge in [0.25, 0.3) is 0 Å². The minimum atomic E-state index is -4.11. The maximum absolute atomic E-state index is 11.1. The summed E-state index contributed by atoms with van der Waals surface area (Å²) in [5.74, 6) is 1.89. The molecular formula is C18H19N2O6P. The molecule has 0 aliphatic rings. The van der Waals surface area contributed by atoms with Gasteiger partial charge < -0.3 is 24.0 Å². The summed E-state index contributed by atoms with van der Waals surface area (Å²) in [6, 6.07) is 10.2. The van der Waals surface area contributed by atoms with Crippen LogP contribution in [0.25, 0.3) is 22.3 Å². The molecule has 2 N–H and O–H groups in total. The van der Waals surface area contributed by atoms with Crippen LogP contribution in [0.4, 0.5) is 0 Å². The molecule has 0 atom stereocenters. The van der Waals surface area contributed by atoms with Crippen LogP contribution in [0.2, 0.25) is 0 Å². The molecular weight excluding hydrogens is 371 g/mol. The Hall–Kier alpha value is -2.67. The fraction of sp³-hybridized carbons (Fsp3) is 0.222. The summed E-state index contributed by atoms with van der Waals surface area (Å²) in [4.78, 5) is 27.2. The molecule has 0 amide bonds. The zero-order chi connectivity index (χ0) is 19.6. The van der Waals surface area contributed by atoms with Gasteiger partial charge in [0.15, 0.2) is 17.3 Å². The van der Waals surface area contributed by atoms with E-state index in [2.05, 4.69) is 9.97 Å². The molecule has 0 aliphatic heterocycles. The Labute approximate surface area is 155 Å². The molecule has 1 aromatic heterocycles. The number of fused-ring (bicyclic) bond motifs is 1. The zero-order valence-corrected chi connectivity index (χ0v) is 15.9. The van der Waals surface area contributed by atoms with Crippen molar-refractivity contribution in [3.8, 4) is 28.8 Å². The van der Waals surface area contributed by atoms with Crippen molar-refractivity contribution in [2.45, 2.75) is 6.16 Å². The summed E-state index contributed by atoms with van der Waals surface area (Å²) in [6.07, 6.45) is -0.313. The van der Waals surface area contributed by atoms with Crippen LogP contribution in [0.5, 0.6) is 17.4 Å². The van der Waals surface area contributed by atoms with E-state index in [0.29, 0.717) is 45.2 Å². The molecule has 0 unspecified atom stereocenters. The third kappa shape index (κ3) is 4.19. The predicted octanol–water partition coefficient (Wildman–Crippen LogP) is 3.00. The van der Waals surface area contributed by atoms with Gasteiger partial charge in [-0.05, 0) is 11.6 Å². The highest BCUT2D eigenvalue weighted by atomic mass is 31.2. The number of methoxy groups -OCH3 is 3. The molecule has 0 saturated heterocycles. The van der Waals surface area contributed by atoms with Crippen molar-refractivity contribution >= 4 is 18.5 Å². The van der Waals surface area contributed by atoms with Gasteiger partial charge in [-0.25, -0.2) is 4.98 Å². The van der Waals surface area contributed by atoms with Gasteiger partial charge in [0.05, 0.1) is 38.4 Å². The number of ether oxygens (including phenoxy) is 3. The Balaban J connectivity index is 2.08. The molecule has 3 rings (SSSR count). The van der Waals surface area contributed by atoms with Crippen molar-refractivity contribution in [3.63, 3.8) is 0 Å². The van der Waals surface area contributed by atoms with E-state index in [9.17, 15) is 4.57 Å². The van der Waals surface area contributed by atoms with Crippen molar-refractivity contribution in [2.24, 2.45) is 0 Å². The van der Waals surface area contributed by atoms with Crippen LogP contribution in [0.15, 0.2) is 36.4 Å². The van der Waals surface area contributed by atoms with Gasteiger partial charge >= 0.3 is 7.60 Å². The Morgan fingerprint density at radius 1 is 0.926 bits per heavy atom. The highest BCUT2D eigenvalue weighted by molar-refractivity contribution is 7.50. The Morgan fingerprint density at radius 3 is 2.11 bits per heavy atom. The normalized spacial score (nSPS) is 11.4. The lowest BCUT2D eigenvalue weighted by molar-refractivity contribution is 0.355. The minimum Gasteiger partial charge on any atom is -0.493 e. The van der Waals surface area contributed by atoms with E-state index in [1.165, 1.54) is 7.11 Å². The summed E-state index contributed by atoms with van der Waals surface area (Å²) in [5.41, 5.74) is 1.85. The first kappa shape index (κ1) is 19.1. The van der Waals surface area contributed by atoms with Gasteiger partial charge in [0.1, 0.15) is 0 Å². The van der Waals surface area contributed by atoms with Gasteiger partial charge in [0, 0.05) is 11.6 Å². The number of hydrogen-bond acceptors (Lipinski definition) is 6. The van der Waals surface area contributed by atoms with Gasteiger partial charge in [-0.3, -0.25) is 4.57 Å². The lowest BCUT2D eigenvalue weighted by Crippen LogP contribution is -1.98. The van der Waals surface area contributed by atoms with Gasteiger partial charge in [-0.15, -0.1) is 0 Å². The SMILES string of the molecule is COc1cc2nc(-c3ccc(CP(=O)(O)O)cc3)nc(OC)c2cc1OC. The smallest absolute Gasteiger partial charge is 0.329 e. The molecule has 0 saturated carbocycles. The maximum Gasteiger partial charge on any atom is 0.329 e. The van der Waals surface area contributed by atoms with Crippen molar-refractivity contribution in [2.75, 3.05) is 21.3 Å². The summed E-state index contributed by atoms with van der Waals surface area (Å²) in [6.45, 7) is 0. The molecule has 142 valence electrons. The Kier molecular flexibility index (Phi) is 5.32. The Bertz CT molecular complexity index is 1020. The molecule has 0 spiro atoms. The number of rotatable bonds is 6. The average molecular weight is 390 g/mol. The third-order valence-corrected chi connectivity index (χ3v) is 4.74. The van der Waals surface area contributed by atoms with Crippen LogP contribution >= 0.6 is 7.60 Å². The van der Waals surface area contributed by atoms with Crippen molar-refractivity contribution in [1.82, 2.24) is 9.97 Å². The number of aromatic nitrogens is 2. The van der Waals surface area contributed by atoms with Crippen LogP contribution in [0.1, 0.15) is 5.56 Å². The number of hydrogen-bond donors (Lipinski definition) is 2. The average Bonchev–Trinajstić information content (AvgIpc) is 2.65. The highest BCUT2D eigenvalue weighted by Crippen LogP contribution is 2.39. The molecule has 9 heteroatoms. The molecule has 0 fully saturated rings. The predicted molar refractivity (Wildman–Crippen MR) is 100 cm³/mol. The summed E-state index contributed by atoms with van der Waals surface area (Å²) in [5, 5.41) is 0.678. The molecule has 0 aliphatic carbocycles. The van der Waals surface area contributed by atoms with Crippen molar-refractivity contribution in [3.05, 3.63) is 42.0 Å².